The number of cyclic esters (lactones) is 1. The second-order valence-corrected chi connectivity index (χ2v) is 8.98. The maximum atomic E-state index is 12.5. The van der Waals surface area contributed by atoms with Gasteiger partial charge in [-0.2, -0.15) is 0 Å². The predicted molar refractivity (Wildman–Crippen MR) is 128 cm³/mol. The number of carbonyl (C=O) groups excluding carboxylic acids is 2. The van der Waals surface area contributed by atoms with Crippen molar-refractivity contribution in [3.05, 3.63) is 33.9 Å². The van der Waals surface area contributed by atoms with E-state index in [1.54, 1.807) is 7.11 Å². The number of anilines is 1. The predicted octanol–water partition coefficient (Wildman–Crippen LogP) is 3.49. The molecule has 3 N–H and O–H groups in total. The zero-order valence-electron chi connectivity index (χ0n) is 20.5. The Balaban J connectivity index is 1.85. The van der Waals surface area contributed by atoms with Crippen LogP contribution in [0.15, 0.2) is 11.6 Å². The van der Waals surface area contributed by atoms with Gasteiger partial charge in [0.1, 0.15) is 12.4 Å². The van der Waals surface area contributed by atoms with Gasteiger partial charge in [0.2, 0.25) is 0 Å². The fourth-order valence-corrected chi connectivity index (χ4v) is 4.77. The van der Waals surface area contributed by atoms with Gasteiger partial charge in [0, 0.05) is 18.2 Å². The number of carboxylic acids is 1. The van der Waals surface area contributed by atoms with E-state index in [1.165, 1.54) is 19.9 Å². The Kier molecular flexibility index (Phi) is 8.55. The number of carboxylic acid groups (broad SMARTS) is 1. The first-order chi connectivity index (χ1) is 16.3. The molecule has 1 aromatic rings. The van der Waals surface area contributed by atoms with E-state index in [2.05, 4.69) is 15.5 Å². The lowest BCUT2D eigenvalue weighted by Crippen LogP contribution is -2.26. The van der Waals surface area contributed by atoms with Gasteiger partial charge in [-0.05, 0) is 71.1 Å². The fourth-order valence-electron chi connectivity index (χ4n) is 4.77. The van der Waals surface area contributed by atoms with E-state index in [-0.39, 0.29) is 6.61 Å². The van der Waals surface area contributed by atoms with Crippen molar-refractivity contribution in [2.75, 3.05) is 39.1 Å². The third kappa shape index (κ3) is 5.70. The summed E-state index contributed by atoms with van der Waals surface area (Å²) in [5.74, 6) is -1.15. The molecule has 9 nitrogen and oxygen atoms in total. The summed E-state index contributed by atoms with van der Waals surface area (Å²) >= 11 is 0. The summed E-state index contributed by atoms with van der Waals surface area (Å²) < 4.78 is 10.9. The first-order valence-electron chi connectivity index (χ1n) is 11.8. The van der Waals surface area contributed by atoms with Crippen molar-refractivity contribution in [3.63, 3.8) is 0 Å². The molecule has 0 saturated carbocycles. The Morgan fingerprint density at radius 1 is 1.29 bits per heavy atom. The van der Waals surface area contributed by atoms with E-state index in [0.717, 1.165) is 30.8 Å². The van der Waals surface area contributed by atoms with Gasteiger partial charge >= 0.3 is 18.0 Å². The molecule has 2 aliphatic rings. The molecule has 3 rings (SSSR count). The summed E-state index contributed by atoms with van der Waals surface area (Å²) in [6.07, 6.45) is 5.73. The molecule has 0 aliphatic carbocycles. The van der Waals surface area contributed by atoms with Crippen molar-refractivity contribution in [1.82, 2.24) is 10.2 Å². The standard InChI is InChI=1S/C25H35N3O6/c1-15(13-17(23(29)30)9-12-28-10-5-6-11-28)7-8-18-21(27-25(32)26-3)20-19(14-34-24(20)31)16(2)22(18)33-4/h7,17H,5-6,8-14H2,1-4H3,(H,29,30)(H2,26,27,32)/b15-7+. The molecule has 0 bridgehead atoms. The SMILES string of the molecule is CNC(=O)Nc1c(C/C=C(\C)CC(CCN2CCCC2)C(=O)O)c(OC)c(C)c2c1C(=O)OC2. The quantitative estimate of drug-likeness (QED) is 0.352. The number of rotatable bonds is 10. The lowest BCUT2D eigenvalue weighted by molar-refractivity contribution is -0.142. The van der Waals surface area contributed by atoms with E-state index in [9.17, 15) is 19.5 Å². The van der Waals surface area contributed by atoms with Gasteiger partial charge in [-0.1, -0.05) is 11.6 Å². The number of amides is 2. The largest absolute Gasteiger partial charge is 0.496 e. The Morgan fingerprint density at radius 3 is 2.62 bits per heavy atom. The minimum Gasteiger partial charge on any atom is -0.496 e. The highest BCUT2D eigenvalue weighted by atomic mass is 16.5. The lowest BCUT2D eigenvalue weighted by Gasteiger charge is -2.20. The first-order valence-corrected chi connectivity index (χ1v) is 11.8. The van der Waals surface area contributed by atoms with E-state index >= 15 is 0 Å². The number of nitrogens with zero attached hydrogens (tertiary/aromatic N) is 1. The van der Waals surface area contributed by atoms with Crippen LogP contribution >= 0.6 is 0 Å². The number of hydrogen-bond donors (Lipinski definition) is 3. The number of ether oxygens (including phenoxy) is 2. The minimum atomic E-state index is -0.789. The van der Waals surface area contributed by atoms with Crippen molar-refractivity contribution in [2.24, 2.45) is 5.92 Å². The Bertz CT molecular complexity index is 982. The molecule has 1 unspecified atom stereocenters. The average Bonchev–Trinajstić information content (AvgIpc) is 3.46. The molecule has 1 atom stereocenters. The number of aliphatic carboxylic acids is 1. The maximum absolute atomic E-state index is 12.5. The number of fused-ring (bicyclic) bond motifs is 1. The van der Waals surface area contributed by atoms with Gasteiger partial charge in [-0.25, -0.2) is 9.59 Å². The smallest absolute Gasteiger partial charge is 0.341 e. The molecule has 186 valence electrons. The normalized spacial score (nSPS) is 16.7. The molecule has 1 aromatic carbocycles. The van der Waals surface area contributed by atoms with Crippen molar-refractivity contribution < 1.29 is 29.0 Å². The fraction of sp³-hybridized carbons (Fsp3) is 0.560. The van der Waals surface area contributed by atoms with Crippen LogP contribution in [0.25, 0.3) is 0 Å². The molecular formula is C25H35N3O6. The highest BCUT2D eigenvalue weighted by Gasteiger charge is 2.32. The summed E-state index contributed by atoms with van der Waals surface area (Å²) in [6.45, 7) is 6.79. The second-order valence-electron chi connectivity index (χ2n) is 8.98. The van der Waals surface area contributed by atoms with E-state index in [4.69, 9.17) is 9.47 Å². The first kappa shape index (κ1) is 25.6. The van der Waals surface area contributed by atoms with Crippen LogP contribution in [0.2, 0.25) is 0 Å². The minimum absolute atomic E-state index is 0.130. The number of nitrogens with one attached hydrogen (secondary N) is 2. The van der Waals surface area contributed by atoms with Crippen LogP contribution in [0.3, 0.4) is 0 Å². The van der Waals surface area contributed by atoms with E-state index in [0.29, 0.717) is 47.4 Å². The second kappa shape index (κ2) is 11.4. The molecular weight excluding hydrogens is 438 g/mol. The molecule has 0 spiro atoms. The van der Waals surface area contributed by atoms with Crippen LogP contribution in [0.5, 0.6) is 5.75 Å². The Labute approximate surface area is 200 Å². The number of urea groups is 1. The Hall–Kier alpha value is -3.07. The molecule has 2 heterocycles. The lowest BCUT2D eigenvalue weighted by atomic mass is 9.92. The summed E-state index contributed by atoms with van der Waals surface area (Å²) in [4.78, 5) is 38.8. The van der Waals surface area contributed by atoms with Crippen LogP contribution in [0.1, 0.15) is 59.7 Å². The number of benzene rings is 1. The molecule has 2 aliphatic heterocycles. The average molecular weight is 474 g/mol. The number of esters is 1. The summed E-state index contributed by atoms with van der Waals surface area (Å²) in [5, 5.41) is 15.0. The highest BCUT2D eigenvalue weighted by Crippen LogP contribution is 2.41. The molecule has 9 heteroatoms. The molecule has 34 heavy (non-hydrogen) atoms. The van der Waals surface area contributed by atoms with Crippen LogP contribution in [0, 0.1) is 12.8 Å². The van der Waals surface area contributed by atoms with Gasteiger partial charge in [0.15, 0.2) is 0 Å². The van der Waals surface area contributed by atoms with Crippen molar-refractivity contribution >= 4 is 23.7 Å². The van der Waals surface area contributed by atoms with Crippen molar-refractivity contribution in [1.29, 1.82) is 0 Å². The van der Waals surface area contributed by atoms with Crippen molar-refractivity contribution in [3.8, 4) is 5.75 Å². The number of hydrogen-bond acceptors (Lipinski definition) is 6. The van der Waals surface area contributed by atoms with Gasteiger partial charge < -0.3 is 30.1 Å². The maximum Gasteiger partial charge on any atom is 0.341 e. The van der Waals surface area contributed by atoms with Gasteiger partial charge in [-0.3, -0.25) is 4.79 Å². The van der Waals surface area contributed by atoms with Gasteiger partial charge in [0.25, 0.3) is 0 Å². The number of likely N-dealkylation sites (tertiary alicyclic amines) is 1. The van der Waals surface area contributed by atoms with Crippen LogP contribution in [-0.2, 0) is 22.6 Å². The topological polar surface area (TPSA) is 117 Å². The third-order valence-electron chi connectivity index (χ3n) is 6.71. The van der Waals surface area contributed by atoms with E-state index < -0.39 is 23.9 Å². The molecule has 1 fully saturated rings. The van der Waals surface area contributed by atoms with E-state index in [1.807, 2.05) is 19.9 Å². The summed E-state index contributed by atoms with van der Waals surface area (Å²) in [7, 11) is 3.05. The molecule has 0 aromatic heterocycles. The summed E-state index contributed by atoms with van der Waals surface area (Å²) in [6, 6.07) is -0.456. The van der Waals surface area contributed by atoms with Crippen LogP contribution < -0.4 is 15.4 Å². The highest BCUT2D eigenvalue weighted by molar-refractivity contribution is 6.05. The Morgan fingerprint density at radius 2 is 2.00 bits per heavy atom. The third-order valence-corrected chi connectivity index (χ3v) is 6.71. The number of methoxy groups -OCH3 is 1. The zero-order chi connectivity index (χ0) is 24.8. The van der Waals surface area contributed by atoms with Gasteiger partial charge in [-0.15, -0.1) is 0 Å². The number of carbonyl (C=O) groups is 3. The summed E-state index contributed by atoms with van der Waals surface area (Å²) in [5.41, 5.74) is 3.79. The number of allylic oxidation sites excluding steroid dienone is 2. The van der Waals surface area contributed by atoms with Crippen LogP contribution in [0.4, 0.5) is 10.5 Å². The molecule has 2 amide bonds. The molecule has 0 radical (unpaired) electrons. The van der Waals surface area contributed by atoms with Crippen LogP contribution in [-0.4, -0.2) is 61.8 Å². The molecule has 1 saturated heterocycles. The van der Waals surface area contributed by atoms with Gasteiger partial charge in [0.05, 0.1) is 24.3 Å². The van der Waals surface area contributed by atoms with Crippen molar-refractivity contribution in [2.45, 2.75) is 52.6 Å². The zero-order valence-corrected chi connectivity index (χ0v) is 20.5. The monoisotopic (exact) mass is 473 g/mol.